The molecule has 1 N–H and O–H groups in total. The van der Waals surface area contributed by atoms with Gasteiger partial charge in [-0.1, -0.05) is 19.1 Å². The molecule has 0 spiro atoms. The van der Waals surface area contributed by atoms with Crippen LogP contribution >= 0.6 is 0 Å². The van der Waals surface area contributed by atoms with Crippen molar-refractivity contribution in [2.45, 2.75) is 20.0 Å². The van der Waals surface area contributed by atoms with Gasteiger partial charge in [0.1, 0.15) is 5.76 Å². The summed E-state index contributed by atoms with van der Waals surface area (Å²) in [7, 11) is 0. The molecular formula is C16H19N3O4. The van der Waals surface area contributed by atoms with Gasteiger partial charge >= 0.3 is 0 Å². The number of likely N-dealkylation sites (N-methyl/N-ethyl adjacent to an activating group) is 1. The summed E-state index contributed by atoms with van der Waals surface area (Å²) in [6.45, 7) is 3.65. The van der Waals surface area contributed by atoms with E-state index in [2.05, 4.69) is 5.32 Å². The number of rotatable bonds is 8. The van der Waals surface area contributed by atoms with Crippen molar-refractivity contribution >= 4 is 11.6 Å². The number of nitro benzene ring substituents is 1. The number of hydrogen-bond acceptors (Lipinski definition) is 5. The number of carbonyl (C=O) groups excluding carboxylic acids is 1. The zero-order valence-corrected chi connectivity index (χ0v) is 12.9. The molecule has 0 aliphatic rings. The highest BCUT2D eigenvalue weighted by Gasteiger charge is 2.12. The summed E-state index contributed by atoms with van der Waals surface area (Å²) >= 11 is 0. The van der Waals surface area contributed by atoms with Gasteiger partial charge in [0.15, 0.2) is 0 Å². The second-order valence-corrected chi connectivity index (χ2v) is 5.09. The molecule has 1 heterocycles. The van der Waals surface area contributed by atoms with Crippen molar-refractivity contribution in [2.75, 3.05) is 13.1 Å². The minimum Gasteiger partial charge on any atom is -0.467 e. The highest BCUT2D eigenvalue weighted by Crippen LogP contribution is 2.14. The van der Waals surface area contributed by atoms with Crippen LogP contribution in [0.1, 0.15) is 18.2 Å². The maximum atomic E-state index is 12.0. The Balaban J connectivity index is 1.88. The summed E-state index contributed by atoms with van der Waals surface area (Å²) in [5, 5.41) is 13.6. The number of nitrogens with one attached hydrogen (secondary N) is 1. The molecule has 0 atom stereocenters. The molecule has 0 bridgehead atoms. The zero-order valence-electron chi connectivity index (χ0n) is 12.9. The van der Waals surface area contributed by atoms with Gasteiger partial charge in [-0.25, -0.2) is 0 Å². The molecule has 0 fully saturated rings. The predicted molar refractivity (Wildman–Crippen MR) is 84.6 cm³/mol. The molecule has 23 heavy (non-hydrogen) atoms. The summed E-state index contributed by atoms with van der Waals surface area (Å²) in [4.78, 5) is 24.3. The van der Waals surface area contributed by atoms with E-state index in [1.807, 2.05) is 17.9 Å². The second kappa shape index (κ2) is 8.09. The molecular weight excluding hydrogens is 298 g/mol. The van der Waals surface area contributed by atoms with E-state index in [4.69, 9.17) is 4.42 Å². The van der Waals surface area contributed by atoms with E-state index in [1.54, 1.807) is 24.5 Å². The summed E-state index contributed by atoms with van der Waals surface area (Å²) in [6, 6.07) is 10.0. The number of nitrogens with zero attached hydrogens (tertiary/aromatic N) is 2. The third-order valence-corrected chi connectivity index (χ3v) is 3.38. The van der Waals surface area contributed by atoms with Gasteiger partial charge in [-0.15, -0.1) is 0 Å². The molecule has 0 aliphatic carbocycles. The SMILES string of the molecule is CCN(CC(=O)NCc1ccco1)Cc1cccc([N+](=O)[O-])c1. The summed E-state index contributed by atoms with van der Waals surface area (Å²) in [5.41, 5.74) is 0.862. The van der Waals surface area contributed by atoms with Crippen LogP contribution in [0.3, 0.4) is 0 Å². The van der Waals surface area contributed by atoms with Gasteiger partial charge in [0.2, 0.25) is 5.91 Å². The Morgan fingerprint density at radius 3 is 2.83 bits per heavy atom. The van der Waals surface area contributed by atoms with Crippen LogP contribution < -0.4 is 5.32 Å². The lowest BCUT2D eigenvalue weighted by Gasteiger charge is -2.19. The lowest BCUT2D eigenvalue weighted by molar-refractivity contribution is -0.384. The van der Waals surface area contributed by atoms with Crippen molar-refractivity contribution in [1.29, 1.82) is 0 Å². The van der Waals surface area contributed by atoms with Crippen LogP contribution in [0.25, 0.3) is 0 Å². The van der Waals surface area contributed by atoms with Gasteiger partial charge in [0.05, 0.1) is 24.3 Å². The maximum absolute atomic E-state index is 12.0. The third kappa shape index (κ3) is 5.23. The summed E-state index contributed by atoms with van der Waals surface area (Å²) in [5.74, 6) is 0.578. The van der Waals surface area contributed by atoms with Gasteiger partial charge < -0.3 is 9.73 Å². The molecule has 0 aliphatic heterocycles. The number of benzene rings is 1. The van der Waals surface area contributed by atoms with Gasteiger partial charge in [0.25, 0.3) is 5.69 Å². The number of amides is 1. The van der Waals surface area contributed by atoms with E-state index in [9.17, 15) is 14.9 Å². The lowest BCUT2D eigenvalue weighted by atomic mass is 10.2. The van der Waals surface area contributed by atoms with Crippen molar-refractivity contribution in [3.05, 3.63) is 64.1 Å². The van der Waals surface area contributed by atoms with E-state index < -0.39 is 4.92 Å². The van der Waals surface area contributed by atoms with Gasteiger partial charge in [-0.2, -0.15) is 0 Å². The fraction of sp³-hybridized carbons (Fsp3) is 0.312. The summed E-state index contributed by atoms with van der Waals surface area (Å²) in [6.07, 6.45) is 1.56. The first-order valence-electron chi connectivity index (χ1n) is 7.33. The molecule has 7 nitrogen and oxygen atoms in total. The highest BCUT2D eigenvalue weighted by molar-refractivity contribution is 5.77. The van der Waals surface area contributed by atoms with Crippen molar-refractivity contribution in [1.82, 2.24) is 10.2 Å². The van der Waals surface area contributed by atoms with Crippen molar-refractivity contribution in [3.63, 3.8) is 0 Å². The predicted octanol–water partition coefficient (Wildman–Crippen LogP) is 2.33. The smallest absolute Gasteiger partial charge is 0.269 e. The first kappa shape index (κ1) is 16.7. The van der Waals surface area contributed by atoms with E-state index in [0.29, 0.717) is 25.4 Å². The fourth-order valence-electron chi connectivity index (χ4n) is 2.16. The fourth-order valence-corrected chi connectivity index (χ4v) is 2.16. The van der Waals surface area contributed by atoms with E-state index >= 15 is 0 Å². The van der Waals surface area contributed by atoms with Gasteiger partial charge in [0, 0.05) is 18.7 Å². The lowest BCUT2D eigenvalue weighted by Crippen LogP contribution is -2.36. The molecule has 1 amide bonds. The topological polar surface area (TPSA) is 88.6 Å². The molecule has 2 rings (SSSR count). The first-order chi connectivity index (χ1) is 11.1. The molecule has 1 aromatic carbocycles. The monoisotopic (exact) mass is 317 g/mol. The standard InChI is InChI=1S/C16H19N3O4/c1-2-18(11-13-5-3-6-14(9-13)19(21)22)12-16(20)17-10-15-7-4-8-23-15/h3-9H,2,10-12H2,1H3,(H,17,20). The zero-order chi connectivity index (χ0) is 16.7. The summed E-state index contributed by atoms with van der Waals surface area (Å²) < 4.78 is 5.15. The largest absolute Gasteiger partial charge is 0.467 e. The molecule has 0 saturated heterocycles. The van der Waals surface area contributed by atoms with Gasteiger partial charge in [-0.05, 0) is 24.2 Å². The van der Waals surface area contributed by atoms with Crippen molar-refractivity contribution < 1.29 is 14.1 Å². The number of non-ortho nitro benzene ring substituents is 1. The molecule has 7 heteroatoms. The Labute approximate surface area is 134 Å². The molecule has 2 aromatic rings. The molecule has 1 aromatic heterocycles. The van der Waals surface area contributed by atoms with Crippen LogP contribution in [0.15, 0.2) is 47.1 Å². The quantitative estimate of drug-likeness (QED) is 0.596. The Bertz CT molecular complexity index is 655. The molecule has 0 radical (unpaired) electrons. The maximum Gasteiger partial charge on any atom is 0.269 e. The van der Waals surface area contributed by atoms with E-state index in [1.165, 1.54) is 12.1 Å². The second-order valence-electron chi connectivity index (χ2n) is 5.09. The van der Waals surface area contributed by atoms with E-state index in [0.717, 1.165) is 5.56 Å². The van der Waals surface area contributed by atoms with Crippen LogP contribution in [-0.2, 0) is 17.9 Å². The third-order valence-electron chi connectivity index (χ3n) is 3.38. The Morgan fingerprint density at radius 2 is 2.17 bits per heavy atom. The minimum atomic E-state index is -0.421. The van der Waals surface area contributed by atoms with Crippen LogP contribution in [0.5, 0.6) is 0 Å². The normalized spacial score (nSPS) is 10.7. The van der Waals surface area contributed by atoms with Crippen molar-refractivity contribution in [3.8, 4) is 0 Å². The number of carbonyl (C=O) groups is 1. The Kier molecular flexibility index (Phi) is 5.87. The number of hydrogen-bond donors (Lipinski definition) is 1. The van der Waals surface area contributed by atoms with E-state index in [-0.39, 0.29) is 18.1 Å². The Morgan fingerprint density at radius 1 is 1.35 bits per heavy atom. The van der Waals surface area contributed by atoms with Crippen LogP contribution in [0.4, 0.5) is 5.69 Å². The number of furan rings is 1. The number of nitro groups is 1. The average Bonchev–Trinajstić information content (AvgIpc) is 3.06. The molecule has 122 valence electrons. The minimum absolute atomic E-state index is 0.0563. The van der Waals surface area contributed by atoms with Crippen LogP contribution in [-0.4, -0.2) is 28.8 Å². The van der Waals surface area contributed by atoms with Crippen molar-refractivity contribution in [2.24, 2.45) is 0 Å². The highest BCUT2D eigenvalue weighted by atomic mass is 16.6. The van der Waals surface area contributed by atoms with Crippen LogP contribution in [0.2, 0.25) is 0 Å². The molecule has 0 unspecified atom stereocenters. The van der Waals surface area contributed by atoms with Gasteiger partial charge in [-0.3, -0.25) is 19.8 Å². The average molecular weight is 317 g/mol. The first-order valence-corrected chi connectivity index (χ1v) is 7.33. The Hall–Kier alpha value is -2.67. The molecule has 0 saturated carbocycles. The van der Waals surface area contributed by atoms with Crippen LogP contribution in [0, 0.1) is 10.1 Å².